The van der Waals surface area contributed by atoms with Crippen LogP contribution in [0.1, 0.15) is 213 Å². The molecular weight excluding hydrogens is 746 g/mol. The van der Waals surface area contributed by atoms with E-state index in [1.54, 1.807) is 0 Å². The molecule has 0 radical (unpaired) electrons. The van der Waals surface area contributed by atoms with Crippen LogP contribution in [0.25, 0.3) is 0 Å². The number of allylic oxidation sites excluding steroid dienone is 6. The van der Waals surface area contributed by atoms with Crippen LogP contribution in [0.4, 0.5) is 0 Å². The summed E-state index contributed by atoms with van der Waals surface area (Å²) in [4.78, 5) is 22.9. The van der Waals surface area contributed by atoms with Crippen molar-refractivity contribution < 1.29 is 37.3 Å². The number of hydrogen-bond donors (Lipinski definition) is 1. The molecule has 342 valence electrons. The predicted octanol–water partition coefficient (Wildman–Crippen LogP) is 14.6. The van der Waals surface area contributed by atoms with Gasteiger partial charge in [-0.05, 0) is 70.6 Å². The van der Waals surface area contributed by atoms with Gasteiger partial charge in [0.2, 0.25) is 0 Å². The van der Waals surface area contributed by atoms with E-state index in [2.05, 4.69) is 50.3 Å². The van der Waals surface area contributed by atoms with Crippen molar-refractivity contribution in [2.45, 2.75) is 219 Å². The summed E-state index contributed by atoms with van der Waals surface area (Å²) in [5.41, 5.74) is 0. The van der Waals surface area contributed by atoms with Gasteiger partial charge in [0.1, 0.15) is 19.3 Å². The number of carbonyl (C=O) groups is 1. The second-order valence-corrected chi connectivity index (χ2v) is 18.9. The van der Waals surface area contributed by atoms with E-state index >= 15 is 0 Å². The molecule has 2 unspecified atom stereocenters. The van der Waals surface area contributed by atoms with Crippen LogP contribution in [0.15, 0.2) is 36.5 Å². The number of phosphoric acid groups is 1. The summed E-state index contributed by atoms with van der Waals surface area (Å²) in [5, 5.41) is 0. The van der Waals surface area contributed by atoms with Gasteiger partial charge in [0, 0.05) is 13.0 Å². The topological polar surface area (TPSA) is 91.3 Å². The minimum absolute atomic E-state index is 0.0871. The van der Waals surface area contributed by atoms with Crippen molar-refractivity contribution in [2.75, 3.05) is 54.1 Å². The van der Waals surface area contributed by atoms with Crippen molar-refractivity contribution in [1.29, 1.82) is 0 Å². The van der Waals surface area contributed by atoms with Crippen molar-refractivity contribution >= 4 is 13.8 Å². The molecule has 0 aliphatic heterocycles. The lowest BCUT2D eigenvalue weighted by atomic mass is 10.0. The van der Waals surface area contributed by atoms with Crippen LogP contribution >= 0.6 is 7.82 Å². The largest absolute Gasteiger partial charge is 0.472 e. The first-order chi connectivity index (χ1) is 28.1. The van der Waals surface area contributed by atoms with Crippen molar-refractivity contribution in [2.24, 2.45) is 0 Å². The van der Waals surface area contributed by atoms with E-state index in [-0.39, 0.29) is 25.8 Å². The third-order valence-electron chi connectivity index (χ3n) is 10.4. The Morgan fingerprint density at radius 2 is 0.948 bits per heavy atom. The Morgan fingerprint density at radius 3 is 1.45 bits per heavy atom. The van der Waals surface area contributed by atoms with Gasteiger partial charge < -0.3 is 18.9 Å². The van der Waals surface area contributed by atoms with Gasteiger partial charge in [0.05, 0.1) is 34.4 Å². The Labute approximate surface area is 359 Å². The van der Waals surface area contributed by atoms with Crippen molar-refractivity contribution in [3.8, 4) is 0 Å². The summed E-state index contributed by atoms with van der Waals surface area (Å²) in [5.74, 6) is -0.323. The molecule has 0 aliphatic rings. The third-order valence-corrected chi connectivity index (χ3v) is 11.4. The first-order valence-electron chi connectivity index (χ1n) is 24.2. The van der Waals surface area contributed by atoms with Crippen molar-refractivity contribution in [3.05, 3.63) is 36.5 Å². The van der Waals surface area contributed by atoms with Crippen LogP contribution in [-0.4, -0.2) is 75.6 Å². The SMILES string of the molecule is CCCCC/C=C\CCCCCCCC(=O)OC(COCCCCCCCCCCCCCC/C=C\C/C=C\CCCCCCC)COP(=O)(O)OCC[N+](C)(C)C. The van der Waals surface area contributed by atoms with E-state index < -0.39 is 13.9 Å². The molecule has 0 spiro atoms. The summed E-state index contributed by atoms with van der Waals surface area (Å²) in [6.45, 7) is 5.59. The molecule has 0 rings (SSSR count). The Hall–Kier alpha value is -1.28. The number of quaternary nitrogens is 1. The molecule has 0 saturated heterocycles. The zero-order valence-electron chi connectivity index (χ0n) is 38.8. The van der Waals surface area contributed by atoms with E-state index in [9.17, 15) is 14.3 Å². The van der Waals surface area contributed by atoms with Gasteiger partial charge in [0.15, 0.2) is 0 Å². The number of unbranched alkanes of at least 4 members (excludes halogenated alkanes) is 25. The Balaban J connectivity index is 4.08. The monoisotopic (exact) mass is 841 g/mol. The molecular formula is C49H95NO7P+. The van der Waals surface area contributed by atoms with E-state index in [1.165, 1.54) is 141 Å². The molecule has 8 nitrogen and oxygen atoms in total. The Bertz CT molecular complexity index is 1020. The van der Waals surface area contributed by atoms with Gasteiger partial charge in [-0.1, -0.05) is 172 Å². The molecule has 0 aliphatic carbocycles. The maximum atomic E-state index is 12.7. The first kappa shape index (κ1) is 56.7. The van der Waals surface area contributed by atoms with E-state index in [0.717, 1.165) is 51.4 Å². The predicted molar refractivity (Wildman–Crippen MR) is 247 cm³/mol. The van der Waals surface area contributed by atoms with Crippen LogP contribution in [0.2, 0.25) is 0 Å². The molecule has 0 amide bonds. The summed E-state index contributed by atoms with van der Waals surface area (Å²) in [6.07, 6.45) is 50.5. The highest BCUT2D eigenvalue weighted by atomic mass is 31.2. The number of hydrogen-bond acceptors (Lipinski definition) is 6. The van der Waals surface area contributed by atoms with E-state index in [1.807, 2.05) is 21.1 Å². The second kappa shape index (κ2) is 42.4. The smallest absolute Gasteiger partial charge is 0.457 e. The highest BCUT2D eigenvalue weighted by Gasteiger charge is 2.26. The quantitative estimate of drug-likeness (QED) is 0.0215. The number of rotatable bonds is 45. The number of phosphoric ester groups is 1. The summed E-state index contributed by atoms with van der Waals surface area (Å²) >= 11 is 0. The molecule has 0 saturated carbocycles. The minimum atomic E-state index is -4.28. The van der Waals surface area contributed by atoms with Gasteiger partial charge in [-0.25, -0.2) is 4.57 Å². The lowest BCUT2D eigenvalue weighted by Crippen LogP contribution is -2.37. The highest BCUT2D eigenvalue weighted by molar-refractivity contribution is 7.47. The minimum Gasteiger partial charge on any atom is -0.457 e. The van der Waals surface area contributed by atoms with Crippen LogP contribution in [-0.2, 0) is 27.9 Å². The zero-order valence-corrected chi connectivity index (χ0v) is 39.7. The van der Waals surface area contributed by atoms with E-state index in [0.29, 0.717) is 24.1 Å². The van der Waals surface area contributed by atoms with Gasteiger partial charge in [-0.3, -0.25) is 13.8 Å². The number of carbonyl (C=O) groups excluding carboxylic acids is 1. The maximum absolute atomic E-state index is 12.7. The number of nitrogens with zero attached hydrogens (tertiary/aromatic N) is 1. The number of ether oxygens (including phenoxy) is 2. The average Bonchev–Trinajstić information content (AvgIpc) is 3.18. The maximum Gasteiger partial charge on any atom is 0.472 e. The Morgan fingerprint density at radius 1 is 0.534 bits per heavy atom. The van der Waals surface area contributed by atoms with Crippen molar-refractivity contribution in [1.82, 2.24) is 0 Å². The molecule has 1 N–H and O–H groups in total. The molecule has 0 heterocycles. The summed E-state index contributed by atoms with van der Waals surface area (Å²) < 4.78 is 35.0. The van der Waals surface area contributed by atoms with Crippen LogP contribution in [0, 0.1) is 0 Å². The lowest BCUT2D eigenvalue weighted by Gasteiger charge is -2.24. The van der Waals surface area contributed by atoms with Gasteiger partial charge in [-0.15, -0.1) is 0 Å². The fourth-order valence-electron chi connectivity index (χ4n) is 6.64. The number of esters is 1. The summed E-state index contributed by atoms with van der Waals surface area (Å²) in [6, 6.07) is 0. The molecule has 0 bridgehead atoms. The molecule has 0 aromatic heterocycles. The fraction of sp³-hybridized carbons (Fsp3) is 0.857. The molecule has 0 aromatic carbocycles. The summed E-state index contributed by atoms with van der Waals surface area (Å²) in [7, 11) is 1.66. The third kappa shape index (κ3) is 45.8. The van der Waals surface area contributed by atoms with Gasteiger partial charge >= 0.3 is 13.8 Å². The zero-order chi connectivity index (χ0) is 42.7. The van der Waals surface area contributed by atoms with Crippen LogP contribution in [0.3, 0.4) is 0 Å². The standard InChI is InChI=1S/C49H94NO7P/c1-6-8-10-12-14-16-18-20-21-22-23-24-25-26-27-28-29-30-31-33-35-37-39-41-44-54-46-48(47-56-58(52,53)55-45-43-50(3,4)5)57-49(51)42-40-38-36-34-32-19-17-15-13-11-9-7-2/h15,17-18,20,22-23,48H,6-14,16,19,21,24-47H2,1-5H3/p+1/b17-15-,20-18-,23-22-. The van der Waals surface area contributed by atoms with E-state index in [4.69, 9.17) is 18.5 Å². The second-order valence-electron chi connectivity index (χ2n) is 17.5. The molecule has 0 fully saturated rings. The van der Waals surface area contributed by atoms with Gasteiger partial charge in [0.25, 0.3) is 0 Å². The highest BCUT2D eigenvalue weighted by Crippen LogP contribution is 2.43. The normalized spacial score (nSPS) is 14.0. The molecule has 9 heteroatoms. The average molecular weight is 841 g/mol. The van der Waals surface area contributed by atoms with Crippen molar-refractivity contribution in [3.63, 3.8) is 0 Å². The number of likely N-dealkylation sites (N-methyl/N-ethyl adjacent to an activating group) is 1. The van der Waals surface area contributed by atoms with Gasteiger partial charge in [-0.2, -0.15) is 0 Å². The molecule has 2 atom stereocenters. The van der Waals surface area contributed by atoms with Crippen LogP contribution in [0.5, 0.6) is 0 Å². The van der Waals surface area contributed by atoms with Crippen LogP contribution < -0.4 is 0 Å². The fourth-order valence-corrected chi connectivity index (χ4v) is 7.38. The lowest BCUT2D eigenvalue weighted by molar-refractivity contribution is -0.870. The first-order valence-corrected chi connectivity index (χ1v) is 25.7. The molecule has 0 aromatic rings. The Kier molecular flexibility index (Phi) is 41.5. The molecule has 58 heavy (non-hydrogen) atoms.